The maximum atomic E-state index is 12.5. The smallest absolute Gasteiger partial charge is 0.224 e. The molecule has 3 heterocycles. The molecule has 1 saturated heterocycles. The minimum atomic E-state index is -0.0118. The molecule has 0 radical (unpaired) electrons. The Hall–Kier alpha value is -2.92. The van der Waals surface area contributed by atoms with Gasteiger partial charge in [0.2, 0.25) is 5.91 Å². The first-order valence-electron chi connectivity index (χ1n) is 10.4. The highest BCUT2D eigenvalue weighted by molar-refractivity contribution is 7.22. The predicted octanol–water partition coefficient (Wildman–Crippen LogP) is 4.19. The lowest BCUT2D eigenvalue weighted by molar-refractivity contribution is -0.116. The number of amides is 1. The van der Waals surface area contributed by atoms with Gasteiger partial charge in [-0.15, -0.1) is 0 Å². The van der Waals surface area contributed by atoms with Gasteiger partial charge in [-0.05, 0) is 56.9 Å². The number of thiazole rings is 1. The topological polar surface area (TPSA) is 86.8 Å². The fourth-order valence-corrected chi connectivity index (χ4v) is 5.02. The number of nitrogens with zero attached hydrogens (tertiary/aromatic N) is 5. The molecular formula is C22H26N6OS. The first-order chi connectivity index (χ1) is 14.5. The van der Waals surface area contributed by atoms with Gasteiger partial charge in [0.15, 0.2) is 5.13 Å². The van der Waals surface area contributed by atoms with E-state index in [-0.39, 0.29) is 5.91 Å². The van der Waals surface area contributed by atoms with E-state index in [0.717, 1.165) is 51.1 Å². The van der Waals surface area contributed by atoms with E-state index < -0.39 is 0 Å². The van der Waals surface area contributed by atoms with E-state index in [1.807, 2.05) is 36.7 Å². The van der Waals surface area contributed by atoms with E-state index in [1.165, 1.54) is 12.8 Å². The highest BCUT2D eigenvalue weighted by Gasteiger charge is 2.17. The summed E-state index contributed by atoms with van der Waals surface area (Å²) in [5, 5.41) is 17.4. The molecule has 1 fully saturated rings. The largest absolute Gasteiger partial charge is 0.348 e. The van der Waals surface area contributed by atoms with Gasteiger partial charge in [0, 0.05) is 30.9 Å². The summed E-state index contributed by atoms with van der Waals surface area (Å²) >= 11 is 1.69. The van der Waals surface area contributed by atoms with E-state index in [9.17, 15) is 4.79 Å². The molecule has 156 valence electrons. The molecule has 1 aromatic carbocycles. The molecule has 1 N–H and O–H groups in total. The summed E-state index contributed by atoms with van der Waals surface area (Å²) in [6, 6.07) is 8.06. The first-order valence-corrected chi connectivity index (χ1v) is 11.2. The van der Waals surface area contributed by atoms with Crippen LogP contribution >= 0.6 is 11.3 Å². The normalized spacial score (nSPS) is 13.7. The number of hydrogen-bond acceptors (Lipinski definition) is 6. The molecule has 1 aliphatic rings. The van der Waals surface area contributed by atoms with Crippen LogP contribution in [-0.4, -0.2) is 33.8 Å². The number of nitrogens with one attached hydrogen (secondary N) is 1. The molecular weight excluding hydrogens is 396 g/mol. The lowest BCUT2D eigenvalue weighted by Gasteiger charge is -2.11. The molecule has 0 spiro atoms. The number of aryl methyl sites for hydroxylation is 2. The minimum absolute atomic E-state index is 0.0118. The second-order valence-electron chi connectivity index (χ2n) is 7.70. The van der Waals surface area contributed by atoms with Crippen molar-refractivity contribution in [3.63, 3.8) is 0 Å². The Kier molecular flexibility index (Phi) is 6.00. The van der Waals surface area contributed by atoms with E-state index in [2.05, 4.69) is 21.4 Å². The van der Waals surface area contributed by atoms with Crippen LogP contribution in [0.2, 0.25) is 0 Å². The summed E-state index contributed by atoms with van der Waals surface area (Å²) in [6.07, 6.45) is 3.92. The fourth-order valence-electron chi connectivity index (χ4n) is 3.97. The molecule has 1 amide bonds. The van der Waals surface area contributed by atoms with E-state index >= 15 is 0 Å². The minimum Gasteiger partial charge on any atom is -0.348 e. The van der Waals surface area contributed by atoms with Crippen LogP contribution in [0.1, 0.15) is 42.6 Å². The van der Waals surface area contributed by atoms with Gasteiger partial charge in [-0.2, -0.15) is 10.4 Å². The standard InChI is InChI=1S/C22H26N6OS/c1-15-18(16(2)28(26-15)13-5-10-23)7-9-21(29)24-17-6-8-19-20(14-17)30-22(25-19)27-11-3-4-12-27/h6,8,14H,3-5,7,9,11-13H2,1-2H3,(H,24,29). The highest BCUT2D eigenvalue weighted by Crippen LogP contribution is 2.32. The van der Waals surface area contributed by atoms with Crippen LogP contribution in [0, 0.1) is 25.2 Å². The Bertz CT molecular complexity index is 1100. The van der Waals surface area contributed by atoms with Crippen LogP contribution in [0.3, 0.4) is 0 Å². The van der Waals surface area contributed by atoms with Gasteiger partial charge in [-0.3, -0.25) is 9.48 Å². The number of anilines is 2. The third kappa shape index (κ3) is 4.31. The Labute approximate surface area is 180 Å². The van der Waals surface area contributed by atoms with Crippen molar-refractivity contribution in [3.05, 3.63) is 35.2 Å². The number of fused-ring (bicyclic) bond motifs is 1. The zero-order valence-corrected chi connectivity index (χ0v) is 18.3. The summed E-state index contributed by atoms with van der Waals surface area (Å²) in [4.78, 5) is 19.6. The summed E-state index contributed by atoms with van der Waals surface area (Å²) in [5.41, 5.74) is 4.85. The van der Waals surface area contributed by atoms with Gasteiger partial charge in [-0.1, -0.05) is 11.3 Å². The quantitative estimate of drug-likeness (QED) is 0.617. The number of aromatic nitrogens is 3. The third-order valence-electron chi connectivity index (χ3n) is 5.61. The molecule has 0 bridgehead atoms. The van der Waals surface area contributed by atoms with Crippen molar-refractivity contribution in [1.29, 1.82) is 5.26 Å². The maximum Gasteiger partial charge on any atom is 0.224 e. The van der Waals surface area contributed by atoms with Crippen LogP contribution in [-0.2, 0) is 17.8 Å². The average Bonchev–Trinajstić information content (AvgIpc) is 3.44. The molecule has 1 aliphatic heterocycles. The molecule has 7 nitrogen and oxygen atoms in total. The number of carbonyl (C=O) groups excluding carboxylic acids is 1. The van der Waals surface area contributed by atoms with Gasteiger partial charge in [-0.25, -0.2) is 4.98 Å². The highest BCUT2D eigenvalue weighted by atomic mass is 32.1. The molecule has 0 saturated carbocycles. The Morgan fingerprint density at radius 3 is 2.87 bits per heavy atom. The van der Waals surface area contributed by atoms with Crippen LogP contribution in [0.4, 0.5) is 10.8 Å². The van der Waals surface area contributed by atoms with Crippen molar-refractivity contribution in [1.82, 2.24) is 14.8 Å². The van der Waals surface area contributed by atoms with Crippen molar-refractivity contribution in [2.75, 3.05) is 23.3 Å². The van der Waals surface area contributed by atoms with Gasteiger partial charge in [0.05, 0.1) is 34.9 Å². The predicted molar refractivity (Wildman–Crippen MR) is 120 cm³/mol. The second kappa shape index (κ2) is 8.84. The lowest BCUT2D eigenvalue weighted by Crippen LogP contribution is -2.16. The molecule has 3 aromatic rings. The van der Waals surface area contributed by atoms with Crippen molar-refractivity contribution >= 4 is 38.3 Å². The van der Waals surface area contributed by atoms with Gasteiger partial charge in [0.25, 0.3) is 0 Å². The monoisotopic (exact) mass is 422 g/mol. The molecule has 0 aliphatic carbocycles. The number of benzene rings is 1. The lowest BCUT2D eigenvalue weighted by atomic mass is 10.1. The molecule has 0 unspecified atom stereocenters. The van der Waals surface area contributed by atoms with Crippen LogP contribution in [0.15, 0.2) is 18.2 Å². The Balaban J connectivity index is 1.39. The Morgan fingerprint density at radius 1 is 1.30 bits per heavy atom. The third-order valence-corrected chi connectivity index (χ3v) is 6.69. The number of rotatable bonds is 7. The van der Waals surface area contributed by atoms with Crippen LogP contribution in [0.25, 0.3) is 10.2 Å². The van der Waals surface area contributed by atoms with Gasteiger partial charge >= 0.3 is 0 Å². The maximum absolute atomic E-state index is 12.5. The zero-order chi connectivity index (χ0) is 21.1. The van der Waals surface area contributed by atoms with E-state index in [1.54, 1.807) is 11.3 Å². The molecule has 8 heteroatoms. The molecule has 4 rings (SSSR count). The number of nitriles is 1. The summed E-state index contributed by atoms with van der Waals surface area (Å²) in [5.74, 6) is -0.0118. The average molecular weight is 423 g/mol. The molecule has 0 atom stereocenters. The fraction of sp³-hybridized carbons (Fsp3) is 0.455. The molecule has 2 aromatic heterocycles. The van der Waals surface area contributed by atoms with Crippen molar-refractivity contribution < 1.29 is 4.79 Å². The SMILES string of the molecule is Cc1nn(CCC#N)c(C)c1CCC(=O)Nc1ccc2nc(N3CCCC3)sc2c1. The number of hydrogen-bond donors (Lipinski definition) is 1. The summed E-state index contributed by atoms with van der Waals surface area (Å²) in [7, 11) is 0. The van der Waals surface area contributed by atoms with Crippen LogP contribution in [0.5, 0.6) is 0 Å². The first kappa shape index (κ1) is 20.4. The van der Waals surface area contributed by atoms with Crippen molar-refractivity contribution in [2.45, 2.75) is 52.5 Å². The summed E-state index contributed by atoms with van der Waals surface area (Å²) < 4.78 is 2.96. The van der Waals surface area contributed by atoms with Gasteiger partial charge < -0.3 is 10.2 Å². The second-order valence-corrected chi connectivity index (χ2v) is 8.71. The Morgan fingerprint density at radius 2 is 2.10 bits per heavy atom. The van der Waals surface area contributed by atoms with Crippen LogP contribution < -0.4 is 10.2 Å². The van der Waals surface area contributed by atoms with E-state index in [0.29, 0.717) is 25.8 Å². The number of carbonyl (C=O) groups is 1. The van der Waals surface area contributed by atoms with Crippen molar-refractivity contribution in [2.24, 2.45) is 0 Å². The zero-order valence-electron chi connectivity index (χ0n) is 17.4. The van der Waals surface area contributed by atoms with Crippen molar-refractivity contribution in [3.8, 4) is 6.07 Å². The van der Waals surface area contributed by atoms with E-state index in [4.69, 9.17) is 10.2 Å². The molecule has 30 heavy (non-hydrogen) atoms. The summed E-state index contributed by atoms with van der Waals surface area (Å²) in [6.45, 7) is 6.70. The van der Waals surface area contributed by atoms with Gasteiger partial charge in [0.1, 0.15) is 0 Å².